The molecular weight excluding hydrogens is 212 g/mol. The van der Waals surface area contributed by atoms with Gasteiger partial charge in [0.1, 0.15) is 0 Å². The van der Waals surface area contributed by atoms with Crippen LogP contribution in [0.2, 0.25) is 0 Å². The number of thioether (sulfide) groups is 1. The quantitative estimate of drug-likeness (QED) is 0.366. The Balaban J connectivity index is 0.00000169. The maximum Gasteiger partial charge on any atom is 0.410 e. The molecule has 1 aliphatic rings. The molecule has 0 saturated carbocycles. The number of nitrogens with zero attached hydrogens (tertiary/aromatic N) is 1. The lowest BCUT2D eigenvalue weighted by atomic mass is 10.4. The molecule has 8 heteroatoms. The lowest BCUT2D eigenvalue weighted by Crippen LogP contribution is -2.25. The van der Waals surface area contributed by atoms with Crippen LogP contribution in [0.5, 0.6) is 0 Å². The Morgan fingerprint density at radius 2 is 2.29 bits per heavy atom. The van der Waals surface area contributed by atoms with Crippen LogP contribution in [-0.4, -0.2) is 33.8 Å². The highest BCUT2D eigenvalue weighted by atomic mass is 32.2. The first kappa shape index (κ1) is 12.7. The van der Waals surface area contributed by atoms with E-state index in [0.29, 0.717) is 12.3 Å². The smallest absolute Gasteiger partial charge is 0.410 e. The van der Waals surface area contributed by atoms with Crippen molar-refractivity contribution >= 4 is 17.7 Å². The summed E-state index contributed by atoms with van der Waals surface area (Å²) >= 11 is 1.17. The Kier molecular flexibility index (Phi) is 4.95. The van der Waals surface area contributed by atoms with Crippen LogP contribution in [0.4, 0.5) is 0 Å². The molecule has 0 aromatic rings. The van der Waals surface area contributed by atoms with Crippen molar-refractivity contribution in [2.24, 2.45) is 0 Å². The van der Waals surface area contributed by atoms with Gasteiger partial charge in [-0.05, 0) is 6.42 Å². The number of hydrogen-bond acceptors (Lipinski definition) is 5. The SMILES string of the molecule is O.O=C(O)C(=C1NCCCS1)[N+](=O)[O-]. The number of rotatable bonds is 2. The largest absolute Gasteiger partial charge is 0.473 e. The molecule has 80 valence electrons. The summed E-state index contributed by atoms with van der Waals surface area (Å²) in [6.45, 7) is 0.590. The van der Waals surface area contributed by atoms with Crippen molar-refractivity contribution in [1.82, 2.24) is 5.32 Å². The van der Waals surface area contributed by atoms with Crippen molar-refractivity contribution in [1.29, 1.82) is 0 Å². The molecule has 0 atom stereocenters. The van der Waals surface area contributed by atoms with Crippen molar-refractivity contribution in [3.8, 4) is 0 Å². The zero-order valence-corrected chi connectivity index (χ0v) is 7.97. The molecule has 1 rings (SSSR count). The molecule has 0 spiro atoms. The molecule has 1 heterocycles. The lowest BCUT2D eigenvalue weighted by Gasteiger charge is -2.14. The maximum atomic E-state index is 10.5. The zero-order chi connectivity index (χ0) is 9.84. The Morgan fingerprint density at radius 1 is 1.64 bits per heavy atom. The van der Waals surface area contributed by atoms with E-state index in [1.54, 1.807) is 0 Å². The third-order valence-corrected chi connectivity index (χ3v) is 2.57. The summed E-state index contributed by atoms with van der Waals surface area (Å²) in [6.07, 6.45) is 0.888. The van der Waals surface area contributed by atoms with Crippen molar-refractivity contribution in [2.45, 2.75) is 6.42 Å². The topological polar surface area (TPSA) is 124 Å². The molecule has 0 aliphatic carbocycles. The van der Waals surface area contributed by atoms with E-state index < -0.39 is 16.6 Å². The Labute approximate surface area is 83.6 Å². The maximum absolute atomic E-state index is 10.5. The molecule has 0 bridgehead atoms. The van der Waals surface area contributed by atoms with Crippen LogP contribution in [0.25, 0.3) is 0 Å². The fraction of sp³-hybridized carbons (Fsp3) is 0.500. The van der Waals surface area contributed by atoms with Gasteiger partial charge in [-0.2, -0.15) is 0 Å². The molecule has 1 aliphatic heterocycles. The summed E-state index contributed by atoms with van der Waals surface area (Å²) in [5.74, 6) is -0.783. The standard InChI is InChI=1S/C6H8N2O4S.H2O/c9-6(10)4(8(11)12)5-7-2-1-3-13-5;/h7H,1-3H2,(H,9,10);1H2. The molecule has 4 N–H and O–H groups in total. The van der Waals surface area contributed by atoms with Crippen molar-refractivity contribution in [2.75, 3.05) is 12.3 Å². The van der Waals surface area contributed by atoms with E-state index in [-0.39, 0.29) is 10.5 Å². The minimum Gasteiger partial charge on any atom is -0.473 e. The molecule has 7 nitrogen and oxygen atoms in total. The number of nitro groups is 1. The minimum absolute atomic E-state index is 0. The second-order valence-electron chi connectivity index (χ2n) is 2.37. The number of nitrogens with one attached hydrogen (secondary N) is 1. The molecular formula is C6H10N2O5S. The molecule has 14 heavy (non-hydrogen) atoms. The minimum atomic E-state index is -1.50. The predicted molar refractivity (Wildman–Crippen MR) is 50.3 cm³/mol. The summed E-state index contributed by atoms with van der Waals surface area (Å²) < 4.78 is 0. The molecule has 0 amide bonds. The number of hydrogen-bond donors (Lipinski definition) is 2. The number of carboxylic acids is 1. The third kappa shape index (κ3) is 2.89. The molecule has 0 aromatic carbocycles. The molecule has 1 saturated heterocycles. The highest BCUT2D eigenvalue weighted by molar-refractivity contribution is 8.03. The fourth-order valence-corrected chi connectivity index (χ4v) is 1.91. The first-order valence-corrected chi connectivity index (χ1v) is 4.60. The number of carbonyl (C=O) groups is 1. The highest BCUT2D eigenvalue weighted by Crippen LogP contribution is 2.22. The van der Waals surface area contributed by atoms with E-state index >= 15 is 0 Å². The van der Waals surface area contributed by atoms with Crippen LogP contribution in [-0.2, 0) is 4.79 Å². The first-order valence-electron chi connectivity index (χ1n) is 3.61. The van der Waals surface area contributed by atoms with Gasteiger partial charge in [0.15, 0.2) is 5.03 Å². The van der Waals surface area contributed by atoms with Gasteiger partial charge in [0.05, 0.1) is 4.92 Å². The molecule has 1 fully saturated rings. The summed E-state index contributed by atoms with van der Waals surface area (Å²) in [7, 11) is 0. The van der Waals surface area contributed by atoms with Crippen molar-refractivity contribution < 1.29 is 20.3 Å². The second kappa shape index (κ2) is 5.45. The van der Waals surface area contributed by atoms with Gasteiger partial charge in [0, 0.05) is 12.3 Å². The normalized spacial score (nSPS) is 18.9. The van der Waals surface area contributed by atoms with E-state index in [1.807, 2.05) is 0 Å². The van der Waals surface area contributed by atoms with Crippen LogP contribution in [0, 0.1) is 10.1 Å². The van der Waals surface area contributed by atoms with E-state index in [4.69, 9.17) is 5.11 Å². The van der Waals surface area contributed by atoms with Crippen molar-refractivity contribution in [3.63, 3.8) is 0 Å². The van der Waals surface area contributed by atoms with Crippen LogP contribution in [0.15, 0.2) is 10.7 Å². The molecule has 0 radical (unpaired) electrons. The third-order valence-electron chi connectivity index (χ3n) is 1.45. The fourth-order valence-electron chi connectivity index (χ4n) is 0.910. The van der Waals surface area contributed by atoms with Gasteiger partial charge in [-0.1, -0.05) is 0 Å². The van der Waals surface area contributed by atoms with Crippen LogP contribution in [0.3, 0.4) is 0 Å². The van der Waals surface area contributed by atoms with Crippen molar-refractivity contribution in [3.05, 3.63) is 20.8 Å². The zero-order valence-electron chi connectivity index (χ0n) is 7.15. The van der Waals surface area contributed by atoms with Gasteiger partial charge in [-0.3, -0.25) is 10.1 Å². The second-order valence-corrected chi connectivity index (χ2v) is 3.47. The van der Waals surface area contributed by atoms with Gasteiger partial charge >= 0.3 is 11.7 Å². The Morgan fingerprint density at radius 3 is 2.64 bits per heavy atom. The first-order chi connectivity index (χ1) is 6.13. The van der Waals surface area contributed by atoms with E-state index in [1.165, 1.54) is 11.8 Å². The summed E-state index contributed by atoms with van der Waals surface area (Å²) in [5.41, 5.74) is -0.760. The van der Waals surface area contributed by atoms with E-state index in [9.17, 15) is 14.9 Å². The average Bonchev–Trinajstić information content (AvgIpc) is 2.04. The van der Waals surface area contributed by atoms with Crippen LogP contribution in [0.1, 0.15) is 6.42 Å². The Bertz CT molecular complexity index is 253. The van der Waals surface area contributed by atoms with E-state index in [0.717, 1.165) is 6.42 Å². The summed E-state index contributed by atoms with van der Waals surface area (Å²) in [6, 6.07) is 0. The number of carboxylic acid groups (broad SMARTS) is 1. The highest BCUT2D eigenvalue weighted by Gasteiger charge is 2.28. The van der Waals surface area contributed by atoms with Crippen LogP contribution < -0.4 is 5.32 Å². The predicted octanol–water partition coefficient (Wildman–Crippen LogP) is -0.581. The average molecular weight is 222 g/mol. The van der Waals surface area contributed by atoms with Crippen LogP contribution >= 0.6 is 11.8 Å². The number of aliphatic carboxylic acids is 1. The van der Waals surface area contributed by atoms with Gasteiger partial charge in [-0.15, -0.1) is 11.8 Å². The van der Waals surface area contributed by atoms with Gasteiger partial charge < -0.3 is 15.9 Å². The molecule has 0 aromatic heterocycles. The lowest BCUT2D eigenvalue weighted by molar-refractivity contribution is -0.421. The van der Waals surface area contributed by atoms with E-state index in [2.05, 4.69) is 5.32 Å². The Hall–Kier alpha value is -1.28. The summed E-state index contributed by atoms with van der Waals surface area (Å²) in [4.78, 5) is 20.0. The van der Waals surface area contributed by atoms with Gasteiger partial charge in [0.25, 0.3) is 0 Å². The molecule has 0 unspecified atom stereocenters. The summed E-state index contributed by atoms with van der Waals surface area (Å²) in [5, 5.41) is 21.8. The van der Waals surface area contributed by atoms with Gasteiger partial charge in [-0.25, -0.2) is 4.79 Å². The van der Waals surface area contributed by atoms with Gasteiger partial charge in [0.2, 0.25) is 0 Å². The monoisotopic (exact) mass is 222 g/mol.